The topological polar surface area (TPSA) is 79.3 Å². The van der Waals surface area contributed by atoms with E-state index in [4.69, 9.17) is 0 Å². The van der Waals surface area contributed by atoms with Crippen LogP contribution in [0.3, 0.4) is 0 Å². The largest absolute Gasteiger partial charge is 0.354 e. The lowest BCUT2D eigenvalue weighted by Crippen LogP contribution is -2.48. The minimum absolute atomic E-state index is 0.198. The molecule has 144 valence electrons. The Hall–Kier alpha value is -2.91. The van der Waals surface area contributed by atoms with Crippen LogP contribution in [0.15, 0.2) is 66.1 Å². The first-order chi connectivity index (χ1) is 13.5. The molecule has 0 N–H and O–H groups in total. The second-order valence-corrected chi connectivity index (χ2v) is 8.29. The maximum atomic E-state index is 13.1. The van der Waals surface area contributed by atoms with Crippen LogP contribution in [0.1, 0.15) is 0 Å². The first-order valence-corrected chi connectivity index (χ1v) is 10.2. The van der Waals surface area contributed by atoms with Gasteiger partial charge in [-0.15, -0.1) is 0 Å². The number of benzene rings is 1. The predicted octanol–water partition coefficient (Wildman–Crippen LogP) is 2.19. The van der Waals surface area contributed by atoms with Gasteiger partial charge in [-0.1, -0.05) is 0 Å². The molecule has 28 heavy (non-hydrogen) atoms. The van der Waals surface area contributed by atoms with Gasteiger partial charge in [0, 0.05) is 50.2 Å². The van der Waals surface area contributed by atoms with Gasteiger partial charge in [-0.05, 0) is 36.4 Å². The Balaban J connectivity index is 1.48. The fourth-order valence-corrected chi connectivity index (χ4v) is 4.49. The Morgan fingerprint density at radius 1 is 0.964 bits per heavy atom. The van der Waals surface area contributed by atoms with Crippen LogP contribution in [0.2, 0.25) is 0 Å². The molecule has 3 aromatic rings. The van der Waals surface area contributed by atoms with E-state index in [0.717, 1.165) is 5.56 Å². The standard InChI is InChI=1S/C19H18FN5O2S/c20-16-5-3-15(4-6-16)18-12-19(23-14-22-18)24-8-10-25(11-9-24)28(26,27)17-2-1-7-21-13-17/h1-7,12-14H,8-11H2. The van der Waals surface area contributed by atoms with E-state index in [1.807, 2.05) is 11.0 Å². The van der Waals surface area contributed by atoms with Gasteiger partial charge in [0.15, 0.2) is 0 Å². The predicted molar refractivity (Wildman–Crippen MR) is 103 cm³/mol. The number of pyridine rings is 1. The van der Waals surface area contributed by atoms with Crippen LogP contribution < -0.4 is 4.90 Å². The third-order valence-electron chi connectivity index (χ3n) is 4.63. The Bertz CT molecular complexity index is 1050. The molecule has 0 saturated carbocycles. The molecule has 0 radical (unpaired) electrons. The molecule has 0 unspecified atom stereocenters. The molecule has 3 heterocycles. The van der Waals surface area contributed by atoms with Crippen molar-refractivity contribution in [2.45, 2.75) is 4.90 Å². The Morgan fingerprint density at radius 2 is 1.71 bits per heavy atom. The van der Waals surface area contributed by atoms with Gasteiger partial charge < -0.3 is 4.90 Å². The molecule has 0 amide bonds. The summed E-state index contributed by atoms with van der Waals surface area (Å²) in [5, 5.41) is 0. The highest BCUT2D eigenvalue weighted by Gasteiger charge is 2.29. The molecule has 2 aromatic heterocycles. The normalized spacial score (nSPS) is 15.5. The van der Waals surface area contributed by atoms with Crippen molar-refractivity contribution in [3.05, 3.63) is 67.0 Å². The van der Waals surface area contributed by atoms with Crippen molar-refractivity contribution in [1.29, 1.82) is 0 Å². The molecule has 4 rings (SSSR count). The van der Waals surface area contributed by atoms with Gasteiger partial charge in [0.05, 0.1) is 5.69 Å². The van der Waals surface area contributed by atoms with Gasteiger partial charge in [0.25, 0.3) is 0 Å². The summed E-state index contributed by atoms with van der Waals surface area (Å²) in [6, 6.07) is 11.1. The Labute approximate surface area is 162 Å². The summed E-state index contributed by atoms with van der Waals surface area (Å²) >= 11 is 0. The van der Waals surface area contributed by atoms with E-state index in [-0.39, 0.29) is 10.7 Å². The van der Waals surface area contributed by atoms with Crippen LogP contribution >= 0.6 is 0 Å². The minimum Gasteiger partial charge on any atom is -0.354 e. The van der Waals surface area contributed by atoms with Gasteiger partial charge in [-0.3, -0.25) is 4.98 Å². The fourth-order valence-electron chi connectivity index (χ4n) is 3.10. The summed E-state index contributed by atoms with van der Waals surface area (Å²) in [7, 11) is -3.55. The van der Waals surface area contributed by atoms with Gasteiger partial charge >= 0.3 is 0 Å². The van der Waals surface area contributed by atoms with E-state index < -0.39 is 10.0 Å². The number of anilines is 1. The fraction of sp³-hybridized carbons (Fsp3) is 0.211. The third-order valence-corrected chi connectivity index (χ3v) is 6.51. The lowest BCUT2D eigenvalue weighted by atomic mass is 10.1. The lowest BCUT2D eigenvalue weighted by molar-refractivity contribution is 0.383. The molecule has 0 aliphatic carbocycles. The number of nitrogens with zero attached hydrogens (tertiary/aromatic N) is 5. The zero-order valence-electron chi connectivity index (χ0n) is 14.9. The van der Waals surface area contributed by atoms with Crippen molar-refractivity contribution in [3.8, 4) is 11.3 Å². The highest BCUT2D eigenvalue weighted by atomic mass is 32.2. The van der Waals surface area contributed by atoms with Crippen LogP contribution in [-0.4, -0.2) is 53.9 Å². The summed E-state index contributed by atoms with van der Waals surface area (Å²) in [6.45, 7) is 1.74. The van der Waals surface area contributed by atoms with Crippen LogP contribution in [0.5, 0.6) is 0 Å². The van der Waals surface area contributed by atoms with Crippen LogP contribution in [0, 0.1) is 5.82 Å². The number of aromatic nitrogens is 3. The summed E-state index contributed by atoms with van der Waals surface area (Å²) < 4.78 is 40.0. The van der Waals surface area contributed by atoms with Crippen molar-refractivity contribution in [2.24, 2.45) is 0 Å². The number of sulfonamides is 1. The van der Waals surface area contributed by atoms with Crippen molar-refractivity contribution in [2.75, 3.05) is 31.1 Å². The van der Waals surface area contributed by atoms with Gasteiger partial charge in [0.2, 0.25) is 10.0 Å². The molecule has 1 aliphatic heterocycles. The molecular weight excluding hydrogens is 381 g/mol. The van der Waals surface area contributed by atoms with E-state index >= 15 is 0 Å². The van der Waals surface area contributed by atoms with Crippen molar-refractivity contribution >= 4 is 15.8 Å². The van der Waals surface area contributed by atoms with Gasteiger partial charge in [0.1, 0.15) is 22.9 Å². The maximum absolute atomic E-state index is 13.1. The zero-order valence-corrected chi connectivity index (χ0v) is 15.8. The average Bonchev–Trinajstić information content (AvgIpc) is 2.75. The van der Waals surface area contributed by atoms with E-state index in [1.165, 1.54) is 29.0 Å². The second-order valence-electron chi connectivity index (χ2n) is 6.35. The van der Waals surface area contributed by atoms with Crippen LogP contribution in [0.4, 0.5) is 10.2 Å². The smallest absolute Gasteiger partial charge is 0.244 e. The van der Waals surface area contributed by atoms with Crippen LogP contribution in [0.25, 0.3) is 11.3 Å². The van der Waals surface area contributed by atoms with E-state index in [2.05, 4.69) is 15.0 Å². The monoisotopic (exact) mass is 399 g/mol. The first-order valence-electron chi connectivity index (χ1n) is 8.77. The minimum atomic E-state index is -3.55. The Kier molecular flexibility index (Phi) is 5.01. The molecule has 1 aromatic carbocycles. The highest BCUT2D eigenvalue weighted by molar-refractivity contribution is 7.89. The number of piperazine rings is 1. The van der Waals surface area contributed by atoms with E-state index in [9.17, 15) is 12.8 Å². The average molecular weight is 399 g/mol. The molecule has 9 heteroatoms. The number of hydrogen-bond acceptors (Lipinski definition) is 6. The van der Waals surface area contributed by atoms with Crippen molar-refractivity contribution < 1.29 is 12.8 Å². The number of rotatable bonds is 4. The van der Waals surface area contributed by atoms with E-state index in [0.29, 0.717) is 37.7 Å². The highest BCUT2D eigenvalue weighted by Crippen LogP contribution is 2.23. The molecule has 1 fully saturated rings. The van der Waals surface area contributed by atoms with Crippen LogP contribution in [-0.2, 0) is 10.0 Å². The number of hydrogen-bond donors (Lipinski definition) is 0. The van der Waals surface area contributed by atoms with Gasteiger partial charge in [-0.25, -0.2) is 22.8 Å². The molecule has 0 spiro atoms. The quantitative estimate of drug-likeness (QED) is 0.669. The molecule has 0 atom stereocenters. The van der Waals surface area contributed by atoms with E-state index in [1.54, 1.807) is 30.5 Å². The molecular formula is C19H18FN5O2S. The van der Waals surface area contributed by atoms with Gasteiger partial charge in [-0.2, -0.15) is 4.31 Å². The second kappa shape index (κ2) is 7.61. The summed E-state index contributed by atoms with van der Waals surface area (Å²) in [6.07, 6.45) is 4.37. The summed E-state index contributed by atoms with van der Waals surface area (Å²) in [5.74, 6) is 0.414. The first kappa shape index (κ1) is 18.5. The zero-order chi connectivity index (χ0) is 19.6. The summed E-state index contributed by atoms with van der Waals surface area (Å²) in [5.41, 5.74) is 1.48. The molecule has 1 saturated heterocycles. The number of halogens is 1. The lowest BCUT2D eigenvalue weighted by Gasteiger charge is -2.34. The maximum Gasteiger partial charge on any atom is 0.244 e. The molecule has 1 aliphatic rings. The SMILES string of the molecule is O=S(=O)(c1cccnc1)N1CCN(c2cc(-c3ccc(F)cc3)ncn2)CC1. The molecule has 7 nitrogen and oxygen atoms in total. The van der Waals surface area contributed by atoms with Crippen molar-refractivity contribution in [3.63, 3.8) is 0 Å². The Morgan fingerprint density at radius 3 is 2.39 bits per heavy atom. The molecule has 0 bridgehead atoms. The third kappa shape index (κ3) is 3.71. The summed E-state index contributed by atoms with van der Waals surface area (Å²) in [4.78, 5) is 14.7. The van der Waals surface area contributed by atoms with Crippen molar-refractivity contribution in [1.82, 2.24) is 19.3 Å².